The molecule has 0 aliphatic heterocycles. The largest absolute Gasteiger partial charge is 0.325 e. The highest BCUT2D eigenvalue weighted by atomic mass is 79.9. The normalized spacial score (nSPS) is 13.2. The van der Waals surface area contributed by atoms with E-state index < -0.39 is 0 Å². The van der Waals surface area contributed by atoms with Crippen molar-refractivity contribution < 1.29 is 4.79 Å². The number of hydrogen-bond donors (Lipinski definition) is 1. The summed E-state index contributed by atoms with van der Waals surface area (Å²) in [4.78, 5) is 12.0. The fourth-order valence-corrected chi connectivity index (χ4v) is 1.87. The number of nitrogens with one attached hydrogen (secondary N) is 1. The first-order chi connectivity index (χ1) is 8.20. The van der Waals surface area contributed by atoms with E-state index in [0.717, 1.165) is 15.7 Å². The summed E-state index contributed by atoms with van der Waals surface area (Å²) in [7, 11) is 0. The summed E-state index contributed by atoms with van der Waals surface area (Å²) in [5, 5.41) is 2.97. The summed E-state index contributed by atoms with van der Waals surface area (Å²) >= 11 is 3.45. The molecule has 3 heteroatoms. The van der Waals surface area contributed by atoms with Crippen molar-refractivity contribution in [3.63, 3.8) is 0 Å². The fraction of sp³-hybridized carbons (Fsp3) is 0.533. The topological polar surface area (TPSA) is 29.1 Å². The Morgan fingerprint density at radius 2 is 2.00 bits per heavy atom. The zero-order chi connectivity index (χ0) is 13.9. The number of aryl methyl sites for hydroxylation is 1. The van der Waals surface area contributed by atoms with Gasteiger partial charge in [0.1, 0.15) is 0 Å². The van der Waals surface area contributed by atoms with Crippen LogP contribution in [0.3, 0.4) is 0 Å². The average molecular weight is 312 g/mol. The number of halogens is 1. The summed E-state index contributed by atoms with van der Waals surface area (Å²) in [6.07, 6.45) is 0.546. The van der Waals surface area contributed by atoms with Gasteiger partial charge in [0.05, 0.1) is 5.69 Å². The van der Waals surface area contributed by atoms with E-state index in [1.165, 1.54) is 0 Å². The van der Waals surface area contributed by atoms with Gasteiger partial charge in [-0.15, -0.1) is 0 Å². The molecule has 1 aromatic carbocycles. The molecule has 0 heterocycles. The van der Waals surface area contributed by atoms with Gasteiger partial charge < -0.3 is 5.32 Å². The second-order valence-electron chi connectivity index (χ2n) is 6.00. The lowest BCUT2D eigenvalue weighted by atomic mass is 9.80. The van der Waals surface area contributed by atoms with Crippen molar-refractivity contribution in [3.8, 4) is 0 Å². The average Bonchev–Trinajstić information content (AvgIpc) is 2.22. The van der Waals surface area contributed by atoms with Crippen LogP contribution in [0.4, 0.5) is 5.69 Å². The van der Waals surface area contributed by atoms with E-state index >= 15 is 0 Å². The van der Waals surface area contributed by atoms with Gasteiger partial charge in [-0.05, 0) is 51.9 Å². The predicted octanol–water partition coefficient (Wildman–Crippen LogP) is 4.77. The third-order valence-corrected chi connectivity index (χ3v) is 4.06. The van der Waals surface area contributed by atoms with Crippen molar-refractivity contribution in [1.82, 2.24) is 0 Å². The first-order valence-electron chi connectivity index (χ1n) is 6.26. The summed E-state index contributed by atoms with van der Waals surface area (Å²) in [6, 6.07) is 5.94. The molecule has 0 saturated carbocycles. The van der Waals surface area contributed by atoms with Crippen LogP contribution < -0.4 is 5.32 Å². The van der Waals surface area contributed by atoms with Crippen LogP contribution in [0.5, 0.6) is 0 Å². The van der Waals surface area contributed by atoms with Gasteiger partial charge in [0.15, 0.2) is 0 Å². The van der Waals surface area contributed by atoms with Crippen molar-refractivity contribution in [2.75, 3.05) is 5.32 Å². The first-order valence-corrected chi connectivity index (χ1v) is 7.05. The molecule has 0 bridgehead atoms. The molecular weight excluding hydrogens is 290 g/mol. The second-order valence-corrected chi connectivity index (χ2v) is 6.86. The molecule has 0 aliphatic carbocycles. The highest BCUT2D eigenvalue weighted by molar-refractivity contribution is 9.10. The number of hydrogen-bond acceptors (Lipinski definition) is 1. The van der Waals surface area contributed by atoms with Gasteiger partial charge in [-0.1, -0.05) is 33.8 Å². The van der Waals surface area contributed by atoms with Crippen LogP contribution in [0, 0.1) is 18.3 Å². The highest BCUT2D eigenvalue weighted by Crippen LogP contribution is 2.29. The molecule has 100 valence electrons. The lowest BCUT2D eigenvalue weighted by Crippen LogP contribution is -2.24. The molecule has 2 nitrogen and oxygen atoms in total. The maximum Gasteiger partial charge on any atom is 0.224 e. The van der Waals surface area contributed by atoms with Gasteiger partial charge in [0, 0.05) is 10.9 Å². The van der Waals surface area contributed by atoms with Crippen molar-refractivity contribution in [2.45, 2.75) is 41.0 Å². The number of rotatable bonds is 3. The number of carbonyl (C=O) groups excluding carboxylic acids is 1. The van der Waals surface area contributed by atoms with Gasteiger partial charge in [-0.2, -0.15) is 0 Å². The lowest BCUT2D eigenvalue weighted by Gasteiger charge is -2.26. The number of benzene rings is 1. The fourth-order valence-electron chi connectivity index (χ4n) is 1.52. The van der Waals surface area contributed by atoms with E-state index in [2.05, 4.69) is 48.9 Å². The Bertz CT molecular complexity index is 435. The number of carbonyl (C=O) groups is 1. The third-order valence-electron chi connectivity index (χ3n) is 3.37. The van der Waals surface area contributed by atoms with Gasteiger partial charge in [-0.3, -0.25) is 4.79 Å². The standard InChI is InChI=1S/C15H22BrNO/c1-10-6-7-12(16)13(8-10)17-14(18)9-11(2)15(3,4)5/h6-8,11H,9H2,1-5H3,(H,17,18). The van der Waals surface area contributed by atoms with Crippen LogP contribution in [0.25, 0.3) is 0 Å². The molecule has 0 aromatic heterocycles. The lowest BCUT2D eigenvalue weighted by molar-refractivity contribution is -0.117. The van der Waals surface area contributed by atoms with Gasteiger partial charge in [-0.25, -0.2) is 0 Å². The quantitative estimate of drug-likeness (QED) is 0.856. The Balaban J connectivity index is 2.68. The Kier molecular flexibility index (Phi) is 4.97. The van der Waals surface area contributed by atoms with Crippen LogP contribution in [0.15, 0.2) is 22.7 Å². The molecule has 0 fully saturated rings. The van der Waals surface area contributed by atoms with E-state index in [4.69, 9.17) is 0 Å². The summed E-state index contributed by atoms with van der Waals surface area (Å²) < 4.78 is 0.921. The maximum atomic E-state index is 12.0. The second kappa shape index (κ2) is 5.87. The Morgan fingerprint density at radius 3 is 2.56 bits per heavy atom. The monoisotopic (exact) mass is 311 g/mol. The maximum absolute atomic E-state index is 12.0. The third kappa shape index (κ3) is 4.45. The van der Waals surface area contributed by atoms with Crippen LogP contribution in [0.2, 0.25) is 0 Å². The van der Waals surface area contributed by atoms with E-state index in [-0.39, 0.29) is 11.3 Å². The molecule has 1 aromatic rings. The molecule has 1 rings (SSSR count). The zero-order valence-electron chi connectivity index (χ0n) is 11.8. The van der Waals surface area contributed by atoms with Gasteiger partial charge >= 0.3 is 0 Å². The van der Waals surface area contributed by atoms with Crippen molar-refractivity contribution in [2.24, 2.45) is 11.3 Å². The predicted molar refractivity (Wildman–Crippen MR) is 80.7 cm³/mol. The van der Waals surface area contributed by atoms with Gasteiger partial charge in [0.2, 0.25) is 5.91 Å². The molecule has 0 saturated heterocycles. The molecule has 0 aliphatic rings. The van der Waals surface area contributed by atoms with Gasteiger partial charge in [0.25, 0.3) is 0 Å². The Morgan fingerprint density at radius 1 is 1.39 bits per heavy atom. The smallest absolute Gasteiger partial charge is 0.224 e. The molecule has 1 amide bonds. The summed E-state index contributed by atoms with van der Waals surface area (Å²) in [6.45, 7) is 10.6. The summed E-state index contributed by atoms with van der Waals surface area (Å²) in [5.74, 6) is 0.421. The van der Waals surface area contributed by atoms with Crippen LogP contribution in [-0.2, 0) is 4.79 Å². The highest BCUT2D eigenvalue weighted by Gasteiger charge is 2.22. The van der Waals surface area contributed by atoms with Crippen LogP contribution in [0.1, 0.15) is 39.7 Å². The zero-order valence-corrected chi connectivity index (χ0v) is 13.4. The van der Waals surface area contributed by atoms with Crippen molar-refractivity contribution >= 4 is 27.5 Å². The Hall–Kier alpha value is -0.830. The molecular formula is C15H22BrNO. The van der Waals surface area contributed by atoms with Crippen LogP contribution >= 0.6 is 15.9 Å². The molecule has 1 unspecified atom stereocenters. The van der Waals surface area contributed by atoms with Crippen molar-refractivity contribution in [1.29, 1.82) is 0 Å². The minimum absolute atomic E-state index is 0.0729. The minimum Gasteiger partial charge on any atom is -0.325 e. The SMILES string of the molecule is Cc1ccc(Br)c(NC(=O)CC(C)C(C)(C)C)c1. The molecule has 0 radical (unpaired) electrons. The summed E-state index contributed by atoms with van der Waals surface area (Å²) in [5.41, 5.74) is 2.14. The van der Waals surface area contributed by atoms with E-state index in [0.29, 0.717) is 12.3 Å². The Labute approximate surface area is 118 Å². The number of amides is 1. The first kappa shape index (κ1) is 15.2. The van der Waals surface area contributed by atoms with E-state index in [9.17, 15) is 4.79 Å². The molecule has 1 atom stereocenters. The van der Waals surface area contributed by atoms with E-state index in [1.54, 1.807) is 0 Å². The molecule has 0 spiro atoms. The minimum atomic E-state index is 0.0729. The number of anilines is 1. The molecule has 1 N–H and O–H groups in total. The van der Waals surface area contributed by atoms with Crippen molar-refractivity contribution in [3.05, 3.63) is 28.2 Å². The molecule has 18 heavy (non-hydrogen) atoms. The van der Waals surface area contributed by atoms with E-state index in [1.807, 2.05) is 25.1 Å². The van der Waals surface area contributed by atoms with Crippen LogP contribution in [-0.4, -0.2) is 5.91 Å².